The second-order valence-electron chi connectivity index (χ2n) is 6.96. The first-order valence-corrected chi connectivity index (χ1v) is 8.87. The molecule has 1 amide bonds. The van der Waals surface area contributed by atoms with Crippen molar-refractivity contribution >= 4 is 5.91 Å². The van der Waals surface area contributed by atoms with Crippen molar-refractivity contribution in [3.63, 3.8) is 0 Å². The molecule has 2 aliphatic rings. The highest BCUT2D eigenvalue weighted by atomic mass is 16.5. The van der Waals surface area contributed by atoms with E-state index in [1.807, 2.05) is 37.3 Å². The van der Waals surface area contributed by atoms with Crippen LogP contribution < -0.4 is 0 Å². The number of carbonyl (C=O) groups is 1. The van der Waals surface area contributed by atoms with Crippen molar-refractivity contribution in [2.75, 3.05) is 19.7 Å². The van der Waals surface area contributed by atoms with Crippen LogP contribution in [0.25, 0.3) is 0 Å². The van der Waals surface area contributed by atoms with Crippen LogP contribution in [0.4, 0.5) is 0 Å². The lowest BCUT2D eigenvalue weighted by molar-refractivity contribution is -0.210. The van der Waals surface area contributed by atoms with Gasteiger partial charge in [-0.15, -0.1) is 0 Å². The van der Waals surface area contributed by atoms with Crippen LogP contribution in [0.15, 0.2) is 30.3 Å². The summed E-state index contributed by atoms with van der Waals surface area (Å²) in [5.74, 6) is -0.213. The third kappa shape index (κ3) is 3.21. The van der Waals surface area contributed by atoms with Gasteiger partial charge in [0.05, 0.1) is 12.2 Å². The molecule has 3 atom stereocenters. The van der Waals surface area contributed by atoms with Crippen molar-refractivity contribution in [3.05, 3.63) is 35.9 Å². The van der Waals surface area contributed by atoms with E-state index < -0.39 is 6.10 Å². The summed E-state index contributed by atoms with van der Waals surface area (Å²) in [7, 11) is 0. The predicted molar refractivity (Wildman–Crippen MR) is 90.4 cm³/mol. The number of hydrogen-bond acceptors (Lipinski definition) is 4. The predicted octanol–water partition coefficient (Wildman–Crippen LogP) is 1.37. The molecule has 1 aromatic rings. The summed E-state index contributed by atoms with van der Waals surface area (Å²) in [5, 5.41) is 20.5. The van der Waals surface area contributed by atoms with Crippen LogP contribution in [0.3, 0.4) is 0 Å². The largest absolute Gasteiger partial charge is 0.392 e. The number of nitrogens with zero attached hydrogens (tertiary/aromatic N) is 1. The Kier molecular flexibility index (Phi) is 5.23. The molecule has 132 valence electrons. The molecule has 5 nitrogen and oxygen atoms in total. The minimum absolute atomic E-state index is 0.101. The topological polar surface area (TPSA) is 70.0 Å². The smallest absolute Gasteiger partial charge is 0.251 e. The number of carbonyl (C=O) groups excluding carboxylic acids is 1. The number of aliphatic hydroxyl groups excluding tert-OH is 2. The lowest BCUT2D eigenvalue weighted by atomic mass is 9.58. The van der Waals surface area contributed by atoms with E-state index in [2.05, 4.69) is 0 Å². The maximum Gasteiger partial charge on any atom is 0.251 e. The van der Waals surface area contributed by atoms with Gasteiger partial charge < -0.3 is 19.8 Å². The SMILES string of the molecule is CCO[C@H]1C[C@H](O)C12CCN(C(=O)[C@@H](O)Cc1ccccc1)CC2. The molecule has 1 saturated carbocycles. The number of amides is 1. The van der Waals surface area contributed by atoms with Gasteiger partial charge in [0.25, 0.3) is 5.91 Å². The molecule has 5 heteroatoms. The molecule has 0 bridgehead atoms. The van der Waals surface area contributed by atoms with Crippen LogP contribution in [-0.4, -0.2) is 59.0 Å². The van der Waals surface area contributed by atoms with Gasteiger partial charge in [-0.3, -0.25) is 4.79 Å². The average molecular weight is 333 g/mol. The van der Waals surface area contributed by atoms with Gasteiger partial charge in [0, 0.05) is 38.0 Å². The second kappa shape index (κ2) is 7.21. The van der Waals surface area contributed by atoms with E-state index in [4.69, 9.17) is 4.74 Å². The highest BCUT2D eigenvalue weighted by Crippen LogP contribution is 2.50. The lowest BCUT2D eigenvalue weighted by Gasteiger charge is -2.56. The van der Waals surface area contributed by atoms with Crippen molar-refractivity contribution in [1.82, 2.24) is 4.90 Å². The summed E-state index contributed by atoms with van der Waals surface area (Å²) in [6.07, 6.45) is 1.27. The van der Waals surface area contributed by atoms with Crippen molar-refractivity contribution in [2.24, 2.45) is 5.41 Å². The molecule has 1 aromatic carbocycles. The van der Waals surface area contributed by atoms with Gasteiger partial charge in [0.1, 0.15) is 6.10 Å². The normalized spacial score (nSPS) is 26.9. The molecular formula is C19H27NO4. The Morgan fingerprint density at radius 1 is 1.33 bits per heavy atom. The average Bonchev–Trinajstić information content (AvgIpc) is 2.62. The van der Waals surface area contributed by atoms with Crippen LogP contribution in [-0.2, 0) is 16.0 Å². The van der Waals surface area contributed by atoms with Crippen LogP contribution >= 0.6 is 0 Å². The summed E-state index contributed by atoms with van der Waals surface area (Å²) < 4.78 is 5.75. The molecule has 2 fully saturated rings. The van der Waals surface area contributed by atoms with Gasteiger partial charge in [-0.05, 0) is 25.3 Å². The molecule has 1 heterocycles. The van der Waals surface area contributed by atoms with Crippen LogP contribution in [0, 0.1) is 5.41 Å². The fourth-order valence-electron chi connectivity index (χ4n) is 4.10. The summed E-state index contributed by atoms with van der Waals surface area (Å²) in [6.45, 7) is 3.77. The summed E-state index contributed by atoms with van der Waals surface area (Å²) in [6, 6.07) is 9.56. The van der Waals surface area contributed by atoms with E-state index in [0.717, 1.165) is 18.4 Å². The molecule has 1 aliphatic carbocycles. The summed E-state index contributed by atoms with van der Waals surface area (Å²) in [5.41, 5.74) is 0.759. The zero-order valence-electron chi connectivity index (χ0n) is 14.2. The molecule has 24 heavy (non-hydrogen) atoms. The first-order chi connectivity index (χ1) is 11.6. The Morgan fingerprint density at radius 3 is 2.58 bits per heavy atom. The van der Waals surface area contributed by atoms with Crippen molar-refractivity contribution in [3.8, 4) is 0 Å². The summed E-state index contributed by atoms with van der Waals surface area (Å²) in [4.78, 5) is 14.2. The van der Waals surface area contributed by atoms with Gasteiger partial charge >= 0.3 is 0 Å². The summed E-state index contributed by atoms with van der Waals surface area (Å²) >= 11 is 0. The number of rotatable bonds is 5. The highest BCUT2D eigenvalue weighted by Gasteiger charge is 2.56. The Balaban J connectivity index is 1.55. The first kappa shape index (κ1) is 17.4. The van der Waals surface area contributed by atoms with Crippen LogP contribution in [0.1, 0.15) is 31.7 Å². The van der Waals surface area contributed by atoms with E-state index in [1.165, 1.54) is 0 Å². The number of likely N-dealkylation sites (tertiary alicyclic amines) is 1. The standard InChI is InChI=1S/C19H27NO4/c1-2-24-17-13-16(22)19(17)8-10-20(11-9-19)18(23)15(21)12-14-6-4-3-5-7-14/h3-7,15-17,21-22H,2,8-13H2,1H3/t15-,16-,17-/m0/s1. The molecule has 0 radical (unpaired) electrons. The van der Waals surface area contributed by atoms with E-state index in [0.29, 0.717) is 32.5 Å². The van der Waals surface area contributed by atoms with Gasteiger partial charge in [-0.1, -0.05) is 30.3 Å². The third-order valence-corrected chi connectivity index (χ3v) is 5.67. The molecule has 3 rings (SSSR count). The Bertz CT molecular complexity index is 552. The molecule has 0 unspecified atom stereocenters. The monoisotopic (exact) mass is 333 g/mol. The molecule has 0 aromatic heterocycles. The van der Waals surface area contributed by atoms with Crippen molar-refractivity contribution in [2.45, 2.75) is 50.9 Å². The van der Waals surface area contributed by atoms with Gasteiger partial charge in [0.15, 0.2) is 0 Å². The first-order valence-electron chi connectivity index (χ1n) is 8.87. The van der Waals surface area contributed by atoms with Crippen molar-refractivity contribution in [1.29, 1.82) is 0 Å². The Morgan fingerprint density at radius 2 is 2.00 bits per heavy atom. The number of piperidine rings is 1. The molecule has 1 spiro atoms. The van der Waals surface area contributed by atoms with Crippen molar-refractivity contribution < 1.29 is 19.7 Å². The fourth-order valence-corrected chi connectivity index (χ4v) is 4.10. The molecule has 1 aliphatic heterocycles. The maximum atomic E-state index is 12.5. The third-order valence-electron chi connectivity index (χ3n) is 5.67. The lowest BCUT2D eigenvalue weighted by Crippen LogP contribution is -2.63. The number of hydrogen-bond donors (Lipinski definition) is 2. The quantitative estimate of drug-likeness (QED) is 0.854. The number of ether oxygens (including phenoxy) is 1. The zero-order chi connectivity index (χ0) is 17.2. The fraction of sp³-hybridized carbons (Fsp3) is 0.632. The van der Waals surface area contributed by atoms with E-state index in [9.17, 15) is 15.0 Å². The molecular weight excluding hydrogens is 306 g/mol. The highest BCUT2D eigenvalue weighted by molar-refractivity contribution is 5.81. The minimum atomic E-state index is -1.00. The molecule has 2 N–H and O–H groups in total. The number of aliphatic hydroxyl groups is 2. The molecule has 1 saturated heterocycles. The van der Waals surface area contributed by atoms with E-state index in [1.54, 1.807) is 4.90 Å². The zero-order valence-corrected chi connectivity index (χ0v) is 14.2. The Hall–Kier alpha value is -1.43. The minimum Gasteiger partial charge on any atom is -0.392 e. The second-order valence-corrected chi connectivity index (χ2v) is 6.96. The Labute approximate surface area is 143 Å². The van der Waals surface area contributed by atoms with Crippen LogP contribution in [0.5, 0.6) is 0 Å². The van der Waals surface area contributed by atoms with Gasteiger partial charge in [-0.2, -0.15) is 0 Å². The van der Waals surface area contributed by atoms with Crippen LogP contribution in [0.2, 0.25) is 0 Å². The van der Waals surface area contributed by atoms with E-state index in [-0.39, 0.29) is 23.5 Å². The van der Waals surface area contributed by atoms with E-state index >= 15 is 0 Å². The van der Waals surface area contributed by atoms with Gasteiger partial charge in [-0.25, -0.2) is 0 Å². The number of benzene rings is 1. The van der Waals surface area contributed by atoms with Gasteiger partial charge in [0.2, 0.25) is 0 Å². The maximum absolute atomic E-state index is 12.5.